The molecule has 0 aliphatic carbocycles. The van der Waals surface area contributed by atoms with E-state index in [1.807, 2.05) is 32.0 Å². The van der Waals surface area contributed by atoms with Gasteiger partial charge >= 0.3 is 12.0 Å². The fourth-order valence-corrected chi connectivity index (χ4v) is 3.51. The van der Waals surface area contributed by atoms with Gasteiger partial charge in [-0.25, -0.2) is 4.79 Å². The van der Waals surface area contributed by atoms with Gasteiger partial charge in [0, 0.05) is 30.0 Å². The number of hydrogen-bond acceptors (Lipinski definition) is 3. The highest BCUT2D eigenvalue weighted by Crippen LogP contribution is 2.24. The third-order valence-corrected chi connectivity index (χ3v) is 5.07. The third kappa shape index (κ3) is 5.13. The third-order valence-electron chi connectivity index (χ3n) is 5.07. The van der Waals surface area contributed by atoms with E-state index in [1.165, 1.54) is 4.90 Å². The summed E-state index contributed by atoms with van der Waals surface area (Å²) in [4.78, 5) is 38.1. The van der Waals surface area contributed by atoms with Crippen LogP contribution in [0.15, 0.2) is 48.5 Å². The second-order valence-electron chi connectivity index (χ2n) is 7.56. The topological polar surface area (TPSA) is 98.7 Å². The molecule has 1 fully saturated rings. The van der Waals surface area contributed by atoms with Gasteiger partial charge in [-0.05, 0) is 49.1 Å². The zero-order valence-corrected chi connectivity index (χ0v) is 16.5. The number of aryl methyl sites for hydroxylation is 1. The van der Waals surface area contributed by atoms with Crippen molar-refractivity contribution < 1.29 is 19.5 Å². The van der Waals surface area contributed by atoms with Crippen LogP contribution in [-0.2, 0) is 4.79 Å². The van der Waals surface area contributed by atoms with E-state index in [9.17, 15) is 19.5 Å². The summed E-state index contributed by atoms with van der Waals surface area (Å²) in [7, 11) is 0. The van der Waals surface area contributed by atoms with Crippen molar-refractivity contribution in [2.75, 3.05) is 23.7 Å². The molecule has 2 atom stereocenters. The summed E-state index contributed by atoms with van der Waals surface area (Å²) in [6, 6.07) is 13.9. The average molecular weight is 395 g/mol. The fourth-order valence-electron chi connectivity index (χ4n) is 3.51. The molecule has 1 aliphatic rings. The summed E-state index contributed by atoms with van der Waals surface area (Å²) in [6.45, 7) is 4.46. The van der Waals surface area contributed by atoms with Crippen LogP contribution in [0.1, 0.15) is 29.3 Å². The van der Waals surface area contributed by atoms with Gasteiger partial charge in [-0.1, -0.05) is 31.2 Å². The number of piperidine rings is 1. The fraction of sp³-hybridized carbons (Fsp3) is 0.318. The minimum atomic E-state index is -0.884. The van der Waals surface area contributed by atoms with Gasteiger partial charge in [-0.15, -0.1) is 0 Å². The maximum atomic E-state index is 12.7. The summed E-state index contributed by atoms with van der Waals surface area (Å²) in [6.07, 6.45) is 0.563. The molecule has 0 radical (unpaired) electrons. The molecule has 2 aromatic carbocycles. The molecule has 29 heavy (non-hydrogen) atoms. The van der Waals surface area contributed by atoms with E-state index in [4.69, 9.17) is 0 Å². The van der Waals surface area contributed by atoms with Crippen LogP contribution in [0.3, 0.4) is 0 Å². The van der Waals surface area contributed by atoms with Crippen molar-refractivity contribution in [1.82, 2.24) is 4.90 Å². The van der Waals surface area contributed by atoms with Crippen LogP contribution in [0.4, 0.5) is 16.2 Å². The number of para-hydroxylation sites is 1. The summed E-state index contributed by atoms with van der Waals surface area (Å²) >= 11 is 0. The van der Waals surface area contributed by atoms with Crippen molar-refractivity contribution in [1.29, 1.82) is 0 Å². The predicted molar refractivity (Wildman–Crippen MR) is 111 cm³/mol. The Labute approximate surface area is 169 Å². The largest absolute Gasteiger partial charge is 0.481 e. The first-order valence-corrected chi connectivity index (χ1v) is 9.59. The molecule has 7 heteroatoms. The Kier molecular flexibility index (Phi) is 6.16. The normalized spacial score (nSPS) is 18.8. The zero-order valence-electron chi connectivity index (χ0n) is 16.5. The van der Waals surface area contributed by atoms with Crippen LogP contribution in [0, 0.1) is 18.8 Å². The van der Waals surface area contributed by atoms with Gasteiger partial charge < -0.3 is 20.6 Å². The average Bonchev–Trinajstić information content (AvgIpc) is 2.69. The molecule has 3 amide bonds. The first-order valence-electron chi connectivity index (χ1n) is 9.59. The highest BCUT2D eigenvalue weighted by molar-refractivity contribution is 6.05. The molecule has 7 nitrogen and oxygen atoms in total. The number of likely N-dealkylation sites (tertiary alicyclic amines) is 1. The Morgan fingerprint density at radius 2 is 1.76 bits per heavy atom. The number of amides is 3. The van der Waals surface area contributed by atoms with Crippen LogP contribution >= 0.6 is 0 Å². The molecular formula is C22H25N3O4. The Morgan fingerprint density at radius 3 is 2.45 bits per heavy atom. The highest BCUT2D eigenvalue weighted by Gasteiger charge is 2.32. The van der Waals surface area contributed by atoms with Gasteiger partial charge in [0.25, 0.3) is 5.91 Å². The maximum Gasteiger partial charge on any atom is 0.321 e. The molecule has 2 aromatic rings. The monoisotopic (exact) mass is 395 g/mol. The number of hydrogen-bond donors (Lipinski definition) is 3. The Balaban J connectivity index is 1.72. The number of urea groups is 1. The minimum Gasteiger partial charge on any atom is -0.481 e. The number of aliphatic carboxylic acids is 1. The molecule has 152 valence electrons. The predicted octanol–water partition coefficient (Wildman–Crippen LogP) is 3.82. The summed E-state index contributed by atoms with van der Waals surface area (Å²) < 4.78 is 0. The van der Waals surface area contributed by atoms with Crippen LogP contribution in [0.2, 0.25) is 0 Å². The lowest BCUT2D eigenvalue weighted by atomic mass is 9.91. The van der Waals surface area contributed by atoms with Gasteiger partial charge in [0.05, 0.1) is 5.92 Å². The number of nitrogens with zero attached hydrogens (tertiary/aromatic N) is 1. The quantitative estimate of drug-likeness (QED) is 0.733. The lowest BCUT2D eigenvalue weighted by Crippen LogP contribution is -2.47. The highest BCUT2D eigenvalue weighted by atomic mass is 16.4. The molecule has 3 N–H and O–H groups in total. The van der Waals surface area contributed by atoms with Crippen molar-refractivity contribution in [3.63, 3.8) is 0 Å². The SMILES string of the molecule is Cc1ccc(C(=O)Nc2ccccc2)cc1NC(=O)N1CC(C)CC(C(=O)O)C1. The molecule has 3 rings (SSSR count). The van der Waals surface area contributed by atoms with Gasteiger partial charge in [-0.3, -0.25) is 9.59 Å². The lowest BCUT2D eigenvalue weighted by Gasteiger charge is -2.34. The number of carboxylic acids is 1. The van der Waals surface area contributed by atoms with Crippen molar-refractivity contribution in [2.24, 2.45) is 11.8 Å². The first kappa shape index (κ1) is 20.4. The van der Waals surface area contributed by atoms with Crippen molar-refractivity contribution in [2.45, 2.75) is 20.3 Å². The van der Waals surface area contributed by atoms with Crippen LogP contribution in [0.25, 0.3) is 0 Å². The van der Waals surface area contributed by atoms with Gasteiger partial charge in [0.1, 0.15) is 0 Å². The molecule has 1 saturated heterocycles. The second-order valence-corrected chi connectivity index (χ2v) is 7.56. The molecule has 0 bridgehead atoms. The number of carbonyl (C=O) groups excluding carboxylic acids is 2. The Bertz CT molecular complexity index is 914. The number of rotatable bonds is 4. The molecule has 1 aliphatic heterocycles. The van der Waals surface area contributed by atoms with Crippen molar-refractivity contribution >= 4 is 29.3 Å². The van der Waals surface area contributed by atoms with E-state index in [2.05, 4.69) is 10.6 Å². The summed E-state index contributed by atoms with van der Waals surface area (Å²) in [5.74, 6) is -1.61. The van der Waals surface area contributed by atoms with Crippen LogP contribution in [0.5, 0.6) is 0 Å². The van der Waals surface area contributed by atoms with E-state index in [-0.39, 0.29) is 24.4 Å². The number of anilines is 2. The summed E-state index contributed by atoms with van der Waals surface area (Å²) in [5, 5.41) is 15.0. The first-order chi connectivity index (χ1) is 13.8. The molecule has 0 saturated carbocycles. The van der Waals surface area contributed by atoms with Crippen LogP contribution in [-0.4, -0.2) is 41.0 Å². The van der Waals surface area contributed by atoms with Crippen molar-refractivity contribution in [3.8, 4) is 0 Å². The van der Waals surface area contributed by atoms with E-state index < -0.39 is 11.9 Å². The molecular weight excluding hydrogens is 370 g/mol. The summed E-state index contributed by atoms with van der Waals surface area (Å²) in [5.41, 5.74) is 2.45. The minimum absolute atomic E-state index is 0.111. The van der Waals surface area contributed by atoms with Gasteiger partial charge in [0.2, 0.25) is 0 Å². The van der Waals surface area contributed by atoms with Crippen LogP contribution < -0.4 is 10.6 Å². The maximum absolute atomic E-state index is 12.7. The molecule has 0 spiro atoms. The van der Waals surface area contributed by atoms with E-state index in [0.717, 1.165) is 5.56 Å². The Morgan fingerprint density at radius 1 is 1.03 bits per heavy atom. The molecule has 1 heterocycles. The number of carbonyl (C=O) groups is 3. The van der Waals surface area contributed by atoms with E-state index in [1.54, 1.807) is 30.3 Å². The second kappa shape index (κ2) is 8.77. The van der Waals surface area contributed by atoms with E-state index in [0.29, 0.717) is 29.9 Å². The number of carboxylic acid groups (broad SMARTS) is 1. The van der Waals surface area contributed by atoms with Crippen molar-refractivity contribution in [3.05, 3.63) is 59.7 Å². The molecule has 2 unspecified atom stereocenters. The molecule has 0 aromatic heterocycles. The van der Waals surface area contributed by atoms with E-state index >= 15 is 0 Å². The Hall–Kier alpha value is -3.35. The zero-order chi connectivity index (χ0) is 21.0. The number of nitrogens with one attached hydrogen (secondary N) is 2. The smallest absolute Gasteiger partial charge is 0.321 e. The lowest BCUT2D eigenvalue weighted by molar-refractivity contribution is -0.143. The van der Waals surface area contributed by atoms with Gasteiger partial charge in [-0.2, -0.15) is 0 Å². The van der Waals surface area contributed by atoms with Gasteiger partial charge in [0.15, 0.2) is 0 Å². The number of benzene rings is 2. The standard InChI is InChI=1S/C22H25N3O4/c1-14-10-17(21(27)28)13-25(12-14)22(29)24-19-11-16(9-8-15(19)2)20(26)23-18-6-4-3-5-7-18/h3-9,11,14,17H,10,12-13H2,1-2H3,(H,23,26)(H,24,29)(H,27,28).